The minimum Gasteiger partial charge on any atom is -0.362 e. The minimum absolute atomic E-state index is 0.545. The van der Waals surface area contributed by atoms with Gasteiger partial charge in [-0.1, -0.05) is 11.8 Å². The van der Waals surface area contributed by atoms with E-state index in [2.05, 4.69) is 17.6 Å². The number of alkyl halides is 2. The Morgan fingerprint density at radius 1 is 1.33 bits per heavy atom. The molecule has 0 radical (unpaired) electrons. The summed E-state index contributed by atoms with van der Waals surface area (Å²) in [5, 5.41) is 6.88. The second-order valence-electron chi connectivity index (χ2n) is 6.19. The number of likely N-dealkylation sites (tertiary alicyclic amines) is 1. The van der Waals surface area contributed by atoms with Crippen LogP contribution in [0, 0.1) is 0 Å². The summed E-state index contributed by atoms with van der Waals surface area (Å²) < 4.78 is 24.6. The van der Waals surface area contributed by atoms with Gasteiger partial charge in [0.15, 0.2) is 5.11 Å². The third-order valence-electron chi connectivity index (χ3n) is 4.38. The molecule has 2 atom stereocenters. The van der Waals surface area contributed by atoms with Gasteiger partial charge in [-0.05, 0) is 62.7 Å². The molecular formula is C17H26F2N3S2+. The number of halogens is 2. The molecule has 3 nitrogen and oxygen atoms in total. The van der Waals surface area contributed by atoms with Gasteiger partial charge in [-0.15, -0.1) is 0 Å². The van der Waals surface area contributed by atoms with Gasteiger partial charge in [-0.2, -0.15) is 8.78 Å². The highest BCUT2D eigenvalue weighted by atomic mass is 32.2. The highest BCUT2D eigenvalue weighted by molar-refractivity contribution is 7.99. The van der Waals surface area contributed by atoms with Crippen molar-refractivity contribution < 1.29 is 13.7 Å². The monoisotopic (exact) mass is 374 g/mol. The van der Waals surface area contributed by atoms with Crippen LogP contribution in [-0.2, 0) is 0 Å². The molecule has 0 aromatic heterocycles. The molecule has 1 fully saturated rings. The number of nitrogens with one attached hydrogen (secondary N) is 3. The van der Waals surface area contributed by atoms with Crippen LogP contribution in [0.5, 0.6) is 0 Å². The van der Waals surface area contributed by atoms with E-state index in [0.717, 1.165) is 24.7 Å². The van der Waals surface area contributed by atoms with Gasteiger partial charge in [0.1, 0.15) is 0 Å². The Morgan fingerprint density at radius 3 is 2.75 bits per heavy atom. The van der Waals surface area contributed by atoms with E-state index in [1.807, 2.05) is 0 Å². The molecule has 0 aliphatic carbocycles. The van der Waals surface area contributed by atoms with Crippen LogP contribution in [0.1, 0.15) is 32.6 Å². The van der Waals surface area contributed by atoms with Crippen LogP contribution >= 0.6 is 24.0 Å². The SMILES string of the molecule is C[C@@H]1CCCC[NH+]1CCCNC(=S)Nc1ccc(SC(F)F)cc1. The topological polar surface area (TPSA) is 28.5 Å². The van der Waals surface area contributed by atoms with Gasteiger partial charge in [-0.3, -0.25) is 0 Å². The first-order valence-electron chi connectivity index (χ1n) is 8.49. The van der Waals surface area contributed by atoms with Gasteiger partial charge in [0.25, 0.3) is 5.76 Å². The zero-order chi connectivity index (χ0) is 17.4. The molecule has 1 heterocycles. The number of piperidine rings is 1. The Hall–Kier alpha value is -0.920. The van der Waals surface area contributed by atoms with Gasteiger partial charge in [-0.25, -0.2) is 0 Å². The van der Waals surface area contributed by atoms with Gasteiger partial charge >= 0.3 is 0 Å². The highest BCUT2D eigenvalue weighted by Gasteiger charge is 2.20. The zero-order valence-electron chi connectivity index (χ0n) is 14.0. The standard InChI is InChI=1S/C17H25F2N3S2/c1-13-5-2-3-11-22(13)12-4-10-20-17(23)21-14-6-8-15(9-7-14)24-16(18)19/h6-9,13,16H,2-5,10-12H2,1H3,(H2,20,21,23)/p+1/t13-/m1/s1. The van der Waals surface area contributed by atoms with Crippen molar-refractivity contribution in [1.82, 2.24) is 5.32 Å². The first-order valence-corrected chi connectivity index (χ1v) is 9.77. The lowest BCUT2D eigenvalue weighted by atomic mass is 10.0. The number of hydrogen-bond acceptors (Lipinski definition) is 2. The van der Waals surface area contributed by atoms with Gasteiger partial charge < -0.3 is 15.5 Å². The summed E-state index contributed by atoms with van der Waals surface area (Å²) in [6.07, 6.45) is 5.13. The van der Waals surface area contributed by atoms with E-state index >= 15 is 0 Å². The molecule has 134 valence electrons. The lowest BCUT2D eigenvalue weighted by Crippen LogP contribution is -3.16. The minimum atomic E-state index is -2.39. The second-order valence-corrected chi connectivity index (χ2v) is 7.66. The molecule has 7 heteroatoms. The summed E-state index contributed by atoms with van der Waals surface area (Å²) in [4.78, 5) is 2.25. The average molecular weight is 375 g/mol. The van der Waals surface area contributed by atoms with Gasteiger partial charge in [0, 0.05) is 23.5 Å². The lowest BCUT2D eigenvalue weighted by molar-refractivity contribution is -0.928. The number of hydrogen-bond donors (Lipinski definition) is 3. The molecule has 0 saturated carbocycles. The number of rotatable bonds is 7. The zero-order valence-corrected chi connectivity index (χ0v) is 15.6. The Labute approximate surface area is 152 Å². The number of anilines is 1. The molecule has 1 unspecified atom stereocenters. The maximum absolute atomic E-state index is 12.3. The van der Waals surface area contributed by atoms with E-state index < -0.39 is 5.76 Å². The van der Waals surface area contributed by atoms with Crippen molar-refractivity contribution in [3.05, 3.63) is 24.3 Å². The van der Waals surface area contributed by atoms with E-state index in [9.17, 15) is 8.78 Å². The largest absolute Gasteiger partial charge is 0.362 e. The Morgan fingerprint density at radius 2 is 2.08 bits per heavy atom. The Balaban J connectivity index is 1.64. The van der Waals surface area contributed by atoms with Crippen LogP contribution in [-0.4, -0.2) is 36.5 Å². The molecule has 2 rings (SSSR count). The quantitative estimate of drug-likeness (QED) is 0.389. The molecule has 24 heavy (non-hydrogen) atoms. The fourth-order valence-corrected chi connectivity index (χ4v) is 3.76. The van der Waals surface area contributed by atoms with Crippen molar-refractivity contribution in [3.8, 4) is 0 Å². The van der Waals surface area contributed by atoms with Crippen molar-refractivity contribution in [2.75, 3.05) is 25.0 Å². The molecule has 1 aliphatic rings. The van der Waals surface area contributed by atoms with E-state index in [4.69, 9.17) is 12.2 Å². The number of thioether (sulfide) groups is 1. The van der Waals surface area contributed by atoms with Crippen LogP contribution in [0.3, 0.4) is 0 Å². The summed E-state index contributed by atoms with van der Waals surface area (Å²) in [6.45, 7) is 5.65. The fourth-order valence-electron chi connectivity index (χ4n) is 3.04. The fraction of sp³-hybridized carbons (Fsp3) is 0.588. The van der Waals surface area contributed by atoms with Crippen molar-refractivity contribution in [2.24, 2.45) is 0 Å². The number of quaternary nitrogens is 1. The molecule has 1 aromatic carbocycles. The smallest absolute Gasteiger partial charge is 0.288 e. The van der Waals surface area contributed by atoms with E-state index in [0.29, 0.717) is 21.8 Å². The molecule has 0 amide bonds. The lowest BCUT2D eigenvalue weighted by Gasteiger charge is -2.30. The molecule has 1 aromatic rings. The second kappa shape index (κ2) is 10.2. The van der Waals surface area contributed by atoms with Gasteiger partial charge in [0.2, 0.25) is 0 Å². The third-order valence-corrected chi connectivity index (χ3v) is 5.35. The van der Waals surface area contributed by atoms with Crippen LogP contribution in [0.25, 0.3) is 0 Å². The van der Waals surface area contributed by atoms with E-state index in [1.165, 1.54) is 32.4 Å². The maximum Gasteiger partial charge on any atom is 0.288 e. The molecule has 0 bridgehead atoms. The summed E-state index contributed by atoms with van der Waals surface area (Å²) in [7, 11) is 0. The van der Waals surface area contributed by atoms with Crippen molar-refractivity contribution >= 4 is 34.8 Å². The van der Waals surface area contributed by atoms with Crippen LogP contribution in [0.15, 0.2) is 29.2 Å². The molecule has 1 aliphatic heterocycles. The van der Waals surface area contributed by atoms with Gasteiger partial charge in [0.05, 0.1) is 19.1 Å². The summed E-state index contributed by atoms with van der Waals surface area (Å²) in [5.74, 6) is -2.39. The number of thiocarbonyl (C=S) groups is 1. The van der Waals surface area contributed by atoms with Crippen LogP contribution in [0.2, 0.25) is 0 Å². The third kappa shape index (κ3) is 6.91. The summed E-state index contributed by atoms with van der Waals surface area (Å²) >= 11 is 5.82. The molecule has 3 N–H and O–H groups in total. The predicted molar refractivity (Wildman–Crippen MR) is 101 cm³/mol. The van der Waals surface area contributed by atoms with Crippen LogP contribution in [0.4, 0.5) is 14.5 Å². The van der Waals surface area contributed by atoms with Crippen molar-refractivity contribution in [2.45, 2.75) is 49.3 Å². The highest BCUT2D eigenvalue weighted by Crippen LogP contribution is 2.26. The first kappa shape index (κ1) is 19.4. The normalized spacial score (nSPS) is 20.8. The summed E-state index contributed by atoms with van der Waals surface area (Å²) in [6, 6.07) is 7.64. The van der Waals surface area contributed by atoms with E-state index in [-0.39, 0.29) is 0 Å². The average Bonchev–Trinajstić information content (AvgIpc) is 2.54. The Kier molecular flexibility index (Phi) is 8.21. The number of benzene rings is 1. The molecular weight excluding hydrogens is 348 g/mol. The maximum atomic E-state index is 12.3. The molecule has 1 saturated heterocycles. The van der Waals surface area contributed by atoms with Crippen molar-refractivity contribution in [3.63, 3.8) is 0 Å². The van der Waals surface area contributed by atoms with Crippen molar-refractivity contribution in [1.29, 1.82) is 0 Å². The molecule has 0 spiro atoms. The van der Waals surface area contributed by atoms with Crippen LogP contribution < -0.4 is 15.5 Å². The summed E-state index contributed by atoms with van der Waals surface area (Å²) in [5.41, 5.74) is 0.807. The van der Waals surface area contributed by atoms with E-state index in [1.54, 1.807) is 29.2 Å². The first-order chi connectivity index (χ1) is 11.5. The Bertz CT molecular complexity index is 511. The predicted octanol–water partition coefficient (Wildman–Crippen LogP) is 3.14.